The molecular weight excluding hydrogens is 484 g/mol. The van der Waals surface area contributed by atoms with Crippen molar-refractivity contribution >= 4 is 17.0 Å². The molecule has 0 unspecified atom stereocenters. The Bertz CT molecular complexity index is 1800. The lowest BCUT2D eigenvalue weighted by atomic mass is 10.0. The second kappa shape index (κ2) is 9.31. The number of aromatic nitrogens is 5. The maximum absolute atomic E-state index is 13.5. The number of aliphatic hydroxyl groups is 1. The third-order valence-corrected chi connectivity index (χ3v) is 7.04. The summed E-state index contributed by atoms with van der Waals surface area (Å²) in [7, 11) is 3.21. The topological polar surface area (TPSA) is 116 Å². The van der Waals surface area contributed by atoms with Crippen LogP contribution >= 0.6 is 0 Å². The first-order chi connectivity index (χ1) is 18.5. The lowest BCUT2D eigenvalue weighted by Gasteiger charge is -2.16. The van der Waals surface area contributed by atoms with E-state index in [4.69, 9.17) is 4.74 Å². The van der Waals surface area contributed by atoms with Gasteiger partial charge in [0.05, 0.1) is 19.9 Å². The van der Waals surface area contributed by atoms with Crippen LogP contribution in [0.4, 0.5) is 11.5 Å². The molecule has 0 saturated carbocycles. The van der Waals surface area contributed by atoms with Crippen LogP contribution in [0.5, 0.6) is 5.75 Å². The number of pyridine rings is 3. The van der Waals surface area contributed by atoms with E-state index >= 15 is 0 Å². The Labute approximate surface area is 217 Å². The molecule has 2 N–H and O–H groups in total. The number of ether oxygens (including phenoxy) is 1. The monoisotopic (exact) mass is 510 g/mol. The number of aliphatic hydroxyl groups excluding tert-OH is 1. The Morgan fingerprint density at radius 1 is 1.08 bits per heavy atom. The van der Waals surface area contributed by atoms with Gasteiger partial charge in [-0.25, -0.2) is 9.97 Å². The quantitative estimate of drug-likeness (QED) is 0.361. The van der Waals surface area contributed by atoms with Crippen LogP contribution in [0.3, 0.4) is 0 Å². The fourth-order valence-corrected chi connectivity index (χ4v) is 5.16. The fourth-order valence-electron chi connectivity index (χ4n) is 5.16. The van der Waals surface area contributed by atoms with Gasteiger partial charge in [0, 0.05) is 48.7 Å². The predicted molar refractivity (Wildman–Crippen MR) is 143 cm³/mol. The van der Waals surface area contributed by atoms with Crippen LogP contribution < -0.4 is 21.2 Å². The Morgan fingerprint density at radius 3 is 2.71 bits per heavy atom. The van der Waals surface area contributed by atoms with Crippen LogP contribution in [-0.2, 0) is 26.5 Å². The molecule has 10 heteroatoms. The summed E-state index contributed by atoms with van der Waals surface area (Å²) >= 11 is 0. The Hall–Kier alpha value is -4.70. The molecule has 0 radical (unpaired) electrons. The zero-order chi connectivity index (χ0) is 26.4. The van der Waals surface area contributed by atoms with Crippen molar-refractivity contribution in [3.8, 4) is 22.7 Å². The van der Waals surface area contributed by atoms with Gasteiger partial charge in [-0.05, 0) is 60.7 Å². The Balaban J connectivity index is 1.45. The van der Waals surface area contributed by atoms with Crippen molar-refractivity contribution < 1.29 is 9.84 Å². The minimum atomic E-state index is -0.348. The molecule has 0 aromatic carbocycles. The summed E-state index contributed by atoms with van der Waals surface area (Å²) in [5.41, 5.74) is 4.66. The highest BCUT2D eigenvalue weighted by Crippen LogP contribution is 2.29. The molecule has 1 aliphatic carbocycles. The number of hydrogen-bond donors (Lipinski definition) is 2. The summed E-state index contributed by atoms with van der Waals surface area (Å²) in [6, 6.07) is 8.89. The fraction of sp³-hybridized carbons (Fsp3) is 0.214. The van der Waals surface area contributed by atoms with E-state index in [1.807, 2.05) is 16.7 Å². The Morgan fingerprint density at radius 2 is 1.95 bits per heavy atom. The van der Waals surface area contributed by atoms with E-state index in [0.717, 1.165) is 19.3 Å². The van der Waals surface area contributed by atoms with Crippen LogP contribution in [0.2, 0.25) is 0 Å². The molecule has 0 bridgehead atoms. The first kappa shape index (κ1) is 23.7. The largest absolute Gasteiger partial charge is 0.495 e. The average molecular weight is 511 g/mol. The van der Waals surface area contributed by atoms with E-state index in [2.05, 4.69) is 15.3 Å². The first-order valence-electron chi connectivity index (χ1n) is 12.3. The molecule has 5 aromatic heterocycles. The minimum absolute atomic E-state index is 0.199. The molecule has 5 heterocycles. The van der Waals surface area contributed by atoms with Gasteiger partial charge in [0.1, 0.15) is 28.6 Å². The highest BCUT2D eigenvalue weighted by molar-refractivity contribution is 5.73. The van der Waals surface area contributed by atoms with E-state index in [-0.39, 0.29) is 17.7 Å². The number of fused-ring (bicyclic) bond motifs is 3. The van der Waals surface area contributed by atoms with Crippen LogP contribution in [0, 0.1) is 0 Å². The van der Waals surface area contributed by atoms with Gasteiger partial charge < -0.3 is 24.1 Å². The van der Waals surface area contributed by atoms with Crippen LogP contribution in [0.25, 0.3) is 22.5 Å². The highest BCUT2D eigenvalue weighted by Gasteiger charge is 2.20. The summed E-state index contributed by atoms with van der Waals surface area (Å²) in [5, 5.41) is 13.5. The van der Waals surface area contributed by atoms with Crippen LogP contribution in [-0.4, -0.2) is 35.7 Å². The SMILES string of the molecule is COc1ccc(Nc2cc(-c3ccnc(-n4ccn5c6c(cc5c4=O)CCC6)c3CO)cn(C)c2=O)nc1. The van der Waals surface area contributed by atoms with Crippen molar-refractivity contribution in [2.45, 2.75) is 25.9 Å². The van der Waals surface area contributed by atoms with Gasteiger partial charge in [-0.15, -0.1) is 0 Å². The maximum Gasteiger partial charge on any atom is 0.280 e. The van der Waals surface area contributed by atoms with E-state index in [1.165, 1.54) is 20.4 Å². The zero-order valence-electron chi connectivity index (χ0n) is 21.0. The molecule has 1 aliphatic rings. The molecule has 192 valence electrons. The average Bonchev–Trinajstić information content (AvgIpc) is 3.54. The summed E-state index contributed by atoms with van der Waals surface area (Å²) in [5.74, 6) is 1.43. The smallest absolute Gasteiger partial charge is 0.280 e. The highest BCUT2D eigenvalue weighted by atomic mass is 16.5. The normalized spacial score (nSPS) is 12.6. The second-order valence-corrected chi connectivity index (χ2v) is 9.28. The molecular formula is C28H26N6O4. The molecule has 0 saturated heterocycles. The molecule has 0 spiro atoms. The van der Waals surface area contributed by atoms with Crippen LogP contribution in [0.15, 0.2) is 70.9 Å². The van der Waals surface area contributed by atoms with E-state index in [0.29, 0.717) is 45.3 Å². The number of anilines is 2. The summed E-state index contributed by atoms with van der Waals surface area (Å²) in [6.45, 7) is -0.348. The summed E-state index contributed by atoms with van der Waals surface area (Å²) in [6.07, 6.45) is 11.5. The molecule has 38 heavy (non-hydrogen) atoms. The number of methoxy groups -OCH3 is 1. The number of nitrogens with zero attached hydrogens (tertiary/aromatic N) is 5. The molecule has 5 aromatic rings. The lowest BCUT2D eigenvalue weighted by molar-refractivity contribution is 0.281. The lowest BCUT2D eigenvalue weighted by Crippen LogP contribution is -2.22. The van der Waals surface area contributed by atoms with Crippen molar-refractivity contribution in [2.24, 2.45) is 7.05 Å². The standard InChI is InChI=1S/C28H26N6O4/c1-32-15-18(12-22(27(32)36)31-25-7-6-19(38-2)14-30-25)20-8-9-29-26(21(20)16-35)34-11-10-33-23-5-3-4-17(23)13-24(33)28(34)37/h6-15,35H,3-5,16H2,1-2H3,(H,30,31). The second-order valence-electron chi connectivity index (χ2n) is 9.28. The van der Waals surface area contributed by atoms with Gasteiger partial charge in [0.2, 0.25) is 0 Å². The van der Waals surface area contributed by atoms with Gasteiger partial charge in [-0.3, -0.25) is 14.2 Å². The van der Waals surface area contributed by atoms with Crippen molar-refractivity contribution in [1.82, 2.24) is 23.5 Å². The number of nitrogens with one attached hydrogen (secondary N) is 1. The Kier molecular flexibility index (Phi) is 5.80. The molecule has 0 atom stereocenters. The van der Waals surface area contributed by atoms with E-state index < -0.39 is 0 Å². The molecule has 10 nitrogen and oxygen atoms in total. The van der Waals surface area contributed by atoms with Crippen LogP contribution in [0.1, 0.15) is 23.2 Å². The van der Waals surface area contributed by atoms with Gasteiger partial charge in [0.15, 0.2) is 0 Å². The summed E-state index contributed by atoms with van der Waals surface area (Å²) in [4.78, 5) is 35.1. The van der Waals surface area contributed by atoms with Crippen molar-refractivity contribution in [1.29, 1.82) is 0 Å². The van der Waals surface area contributed by atoms with E-state index in [9.17, 15) is 14.7 Å². The minimum Gasteiger partial charge on any atom is -0.495 e. The summed E-state index contributed by atoms with van der Waals surface area (Å²) < 4.78 is 10.0. The zero-order valence-corrected chi connectivity index (χ0v) is 21.0. The maximum atomic E-state index is 13.5. The molecule has 6 rings (SSSR count). The molecule has 0 fully saturated rings. The first-order valence-corrected chi connectivity index (χ1v) is 12.3. The number of hydrogen-bond acceptors (Lipinski definition) is 7. The van der Waals surface area contributed by atoms with Crippen molar-refractivity contribution in [2.75, 3.05) is 12.4 Å². The van der Waals surface area contributed by atoms with Gasteiger partial charge in [0.25, 0.3) is 11.1 Å². The molecule has 0 amide bonds. The third-order valence-electron chi connectivity index (χ3n) is 7.04. The van der Waals surface area contributed by atoms with Crippen molar-refractivity contribution in [3.05, 3.63) is 98.8 Å². The number of rotatable bonds is 6. The van der Waals surface area contributed by atoms with Crippen molar-refractivity contribution in [3.63, 3.8) is 0 Å². The number of aryl methyl sites for hydroxylation is 3. The molecule has 0 aliphatic heterocycles. The van der Waals surface area contributed by atoms with Gasteiger partial charge in [-0.1, -0.05) is 0 Å². The van der Waals surface area contributed by atoms with Gasteiger partial charge >= 0.3 is 0 Å². The van der Waals surface area contributed by atoms with Gasteiger partial charge in [-0.2, -0.15) is 0 Å². The predicted octanol–water partition coefficient (Wildman–Crippen LogP) is 2.98. The van der Waals surface area contributed by atoms with E-state index in [1.54, 1.807) is 63.2 Å². The third kappa shape index (κ3) is 3.86.